The van der Waals surface area contributed by atoms with Crippen molar-refractivity contribution in [2.45, 2.75) is 13.5 Å². The van der Waals surface area contributed by atoms with Gasteiger partial charge in [-0.1, -0.05) is 12.1 Å². The molecule has 3 aromatic carbocycles. The number of benzene rings is 3. The molecule has 0 saturated heterocycles. The molecular weight excluding hydrogens is 378 g/mol. The number of fused-ring (bicyclic) bond motifs is 1. The minimum absolute atomic E-state index is 0.237. The van der Waals surface area contributed by atoms with E-state index in [0.717, 1.165) is 39.0 Å². The van der Waals surface area contributed by atoms with Crippen LogP contribution in [0, 0.1) is 6.92 Å². The largest absolute Gasteiger partial charge is 0.508 e. The van der Waals surface area contributed by atoms with Gasteiger partial charge in [-0.15, -0.1) is 0 Å². The molecule has 0 aliphatic heterocycles. The molecule has 30 heavy (non-hydrogen) atoms. The van der Waals surface area contributed by atoms with Crippen LogP contribution in [0.1, 0.15) is 11.1 Å². The fraction of sp³-hybridized carbons (Fsp3) is 0.200. The van der Waals surface area contributed by atoms with E-state index in [1.165, 1.54) is 0 Å². The maximum absolute atomic E-state index is 10.0. The average molecular weight is 403 g/mol. The summed E-state index contributed by atoms with van der Waals surface area (Å²) in [7, 11) is 1.65. The zero-order chi connectivity index (χ0) is 21.1. The molecule has 0 bridgehead atoms. The van der Waals surface area contributed by atoms with Crippen LogP contribution in [0.4, 0.5) is 0 Å². The van der Waals surface area contributed by atoms with E-state index in [2.05, 4.69) is 23.6 Å². The van der Waals surface area contributed by atoms with Crippen molar-refractivity contribution in [3.8, 4) is 28.5 Å². The zero-order valence-electron chi connectivity index (χ0n) is 17.1. The number of methoxy groups -OCH3 is 1. The Kier molecular flexibility index (Phi) is 5.63. The third kappa shape index (κ3) is 3.98. The van der Waals surface area contributed by atoms with Crippen molar-refractivity contribution in [2.24, 2.45) is 0 Å². The van der Waals surface area contributed by atoms with Crippen LogP contribution in [-0.2, 0) is 11.3 Å². The number of hydrogen-bond acceptors (Lipinski definition) is 4. The molecule has 2 N–H and O–H groups in total. The van der Waals surface area contributed by atoms with Crippen molar-refractivity contribution in [3.05, 3.63) is 77.9 Å². The summed E-state index contributed by atoms with van der Waals surface area (Å²) in [6.45, 7) is 3.81. The van der Waals surface area contributed by atoms with Crippen molar-refractivity contribution in [1.29, 1.82) is 0 Å². The third-order valence-electron chi connectivity index (χ3n) is 5.26. The van der Waals surface area contributed by atoms with Gasteiger partial charge in [0.1, 0.15) is 23.9 Å². The Labute approximate surface area is 175 Å². The number of nitrogens with zero attached hydrogens (tertiary/aromatic N) is 1. The molecule has 0 spiro atoms. The Morgan fingerprint density at radius 1 is 0.833 bits per heavy atom. The second-order valence-corrected chi connectivity index (χ2v) is 7.29. The highest BCUT2D eigenvalue weighted by Gasteiger charge is 2.17. The number of ether oxygens (including phenoxy) is 2. The highest BCUT2D eigenvalue weighted by Crippen LogP contribution is 2.36. The monoisotopic (exact) mass is 403 g/mol. The van der Waals surface area contributed by atoms with Gasteiger partial charge in [-0.2, -0.15) is 0 Å². The smallest absolute Gasteiger partial charge is 0.119 e. The van der Waals surface area contributed by atoms with E-state index in [1.807, 2.05) is 30.3 Å². The second-order valence-electron chi connectivity index (χ2n) is 7.29. The van der Waals surface area contributed by atoms with Crippen LogP contribution in [0.3, 0.4) is 0 Å². The normalized spacial score (nSPS) is 11.1. The van der Waals surface area contributed by atoms with Gasteiger partial charge >= 0.3 is 0 Å². The summed E-state index contributed by atoms with van der Waals surface area (Å²) in [4.78, 5) is 0. The number of hydrogen-bond donors (Lipinski definition) is 2. The van der Waals surface area contributed by atoms with Crippen LogP contribution in [0.25, 0.3) is 22.2 Å². The number of aromatic nitrogens is 1. The SMILES string of the molecule is COCCOc1ccc(Cn2c(-c3ccc(O)cc3)c(C)c3cc(O)ccc32)cc1. The zero-order valence-corrected chi connectivity index (χ0v) is 17.1. The van der Waals surface area contributed by atoms with Crippen molar-refractivity contribution >= 4 is 10.9 Å². The van der Waals surface area contributed by atoms with E-state index in [4.69, 9.17) is 9.47 Å². The molecule has 5 heteroatoms. The lowest BCUT2D eigenvalue weighted by Crippen LogP contribution is -2.05. The number of aryl methyl sites for hydroxylation is 1. The van der Waals surface area contributed by atoms with Crippen LogP contribution in [0.5, 0.6) is 17.2 Å². The van der Waals surface area contributed by atoms with E-state index in [-0.39, 0.29) is 11.5 Å². The first-order valence-corrected chi connectivity index (χ1v) is 9.88. The van der Waals surface area contributed by atoms with Gasteiger partial charge in [0, 0.05) is 24.6 Å². The highest BCUT2D eigenvalue weighted by molar-refractivity contribution is 5.92. The van der Waals surface area contributed by atoms with Crippen molar-refractivity contribution < 1.29 is 19.7 Å². The first-order chi connectivity index (χ1) is 14.6. The molecule has 0 aliphatic carbocycles. The van der Waals surface area contributed by atoms with Crippen LogP contribution in [0.15, 0.2) is 66.7 Å². The molecule has 0 saturated carbocycles. The molecule has 5 nitrogen and oxygen atoms in total. The van der Waals surface area contributed by atoms with Gasteiger partial charge in [-0.3, -0.25) is 0 Å². The van der Waals surface area contributed by atoms with Crippen LogP contribution in [0.2, 0.25) is 0 Å². The number of phenols is 2. The molecule has 1 heterocycles. The van der Waals surface area contributed by atoms with Crippen molar-refractivity contribution in [3.63, 3.8) is 0 Å². The summed E-state index contributed by atoms with van der Waals surface area (Å²) in [5.74, 6) is 1.30. The lowest BCUT2D eigenvalue weighted by atomic mass is 10.1. The van der Waals surface area contributed by atoms with Gasteiger partial charge in [0.15, 0.2) is 0 Å². The number of aromatic hydroxyl groups is 2. The predicted molar refractivity (Wildman–Crippen MR) is 118 cm³/mol. The first-order valence-electron chi connectivity index (χ1n) is 9.88. The van der Waals surface area contributed by atoms with Crippen LogP contribution >= 0.6 is 0 Å². The van der Waals surface area contributed by atoms with Gasteiger partial charge in [-0.25, -0.2) is 0 Å². The molecule has 0 atom stereocenters. The lowest BCUT2D eigenvalue weighted by Gasteiger charge is -2.13. The Balaban J connectivity index is 1.74. The summed E-state index contributed by atoms with van der Waals surface area (Å²) in [5, 5.41) is 20.7. The fourth-order valence-corrected chi connectivity index (χ4v) is 3.78. The molecular formula is C25H25NO4. The molecule has 4 aromatic rings. The summed E-state index contributed by atoms with van der Waals surface area (Å²) >= 11 is 0. The highest BCUT2D eigenvalue weighted by atomic mass is 16.5. The minimum atomic E-state index is 0.237. The fourth-order valence-electron chi connectivity index (χ4n) is 3.78. The first kappa shape index (κ1) is 19.9. The molecule has 0 amide bonds. The predicted octanol–water partition coefficient (Wildman–Crippen LogP) is 5.10. The van der Waals surface area contributed by atoms with Crippen LogP contribution in [-0.4, -0.2) is 35.1 Å². The lowest BCUT2D eigenvalue weighted by molar-refractivity contribution is 0.146. The van der Waals surface area contributed by atoms with Gasteiger partial charge in [0.25, 0.3) is 0 Å². The summed E-state index contributed by atoms with van der Waals surface area (Å²) in [6, 6.07) is 20.7. The van der Waals surface area contributed by atoms with Crippen molar-refractivity contribution in [1.82, 2.24) is 4.57 Å². The Morgan fingerprint density at radius 2 is 1.53 bits per heavy atom. The van der Waals surface area contributed by atoms with E-state index in [0.29, 0.717) is 19.8 Å². The van der Waals surface area contributed by atoms with Gasteiger partial charge in [-0.05, 0) is 78.2 Å². The van der Waals surface area contributed by atoms with E-state index in [9.17, 15) is 10.2 Å². The van der Waals surface area contributed by atoms with E-state index >= 15 is 0 Å². The number of phenolic OH excluding ortho intramolecular Hbond substituents is 2. The van der Waals surface area contributed by atoms with E-state index in [1.54, 1.807) is 31.4 Å². The molecule has 0 unspecified atom stereocenters. The topological polar surface area (TPSA) is 63.9 Å². The van der Waals surface area contributed by atoms with Gasteiger partial charge in [0.2, 0.25) is 0 Å². The second kappa shape index (κ2) is 8.51. The summed E-state index contributed by atoms with van der Waals surface area (Å²) in [5.41, 5.74) is 5.36. The molecule has 1 aromatic heterocycles. The Hall–Kier alpha value is -3.44. The van der Waals surface area contributed by atoms with Gasteiger partial charge < -0.3 is 24.3 Å². The molecule has 4 rings (SSSR count). The Morgan fingerprint density at radius 3 is 2.23 bits per heavy atom. The summed E-state index contributed by atoms with van der Waals surface area (Å²) < 4.78 is 12.9. The van der Waals surface area contributed by atoms with Crippen molar-refractivity contribution in [2.75, 3.05) is 20.3 Å². The van der Waals surface area contributed by atoms with Gasteiger partial charge in [0.05, 0.1) is 12.3 Å². The maximum atomic E-state index is 10.0. The number of rotatable bonds is 7. The molecule has 0 fully saturated rings. The Bertz CT molecular complexity index is 1140. The quantitative estimate of drug-likeness (QED) is 0.421. The summed E-state index contributed by atoms with van der Waals surface area (Å²) in [6.07, 6.45) is 0. The standard InChI is InChI=1S/C25H25NO4/c1-17-23-15-21(28)9-12-24(23)26(25(17)19-5-7-20(27)8-6-19)16-18-3-10-22(11-4-18)30-14-13-29-2/h3-12,15,27-28H,13-14,16H2,1-2H3. The van der Waals surface area contributed by atoms with E-state index < -0.39 is 0 Å². The average Bonchev–Trinajstić information content (AvgIpc) is 3.01. The van der Waals surface area contributed by atoms with Crippen LogP contribution < -0.4 is 4.74 Å². The maximum Gasteiger partial charge on any atom is 0.119 e. The third-order valence-corrected chi connectivity index (χ3v) is 5.26. The minimum Gasteiger partial charge on any atom is -0.508 e. The molecule has 0 aliphatic rings. The molecule has 154 valence electrons. The molecule has 0 radical (unpaired) electrons.